The van der Waals surface area contributed by atoms with Gasteiger partial charge in [0.25, 0.3) is 0 Å². The van der Waals surface area contributed by atoms with Crippen molar-refractivity contribution in [3.8, 4) is 0 Å². The summed E-state index contributed by atoms with van der Waals surface area (Å²) in [6.45, 7) is 3.81. The monoisotopic (exact) mass is 231 g/mol. The van der Waals surface area contributed by atoms with E-state index in [1.807, 2.05) is 11.0 Å². The normalized spacial score (nSPS) is 27.6. The fourth-order valence-electron chi connectivity index (χ4n) is 2.05. The smallest absolute Gasteiger partial charge is 0.320 e. The quantitative estimate of drug-likeness (QED) is 0.790. The van der Waals surface area contributed by atoms with E-state index in [1.54, 1.807) is 0 Å². The number of unbranched alkanes of at least 4 members (excludes halogenated alkanes) is 1. The van der Waals surface area contributed by atoms with Crippen molar-refractivity contribution in [3.05, 3.63) is 11.6 Å². The summed E-state index contributed by atoms with van der Waals surface area (Å²) in [6, 6.07) is -0.325. The zero-order valence-electron chi connectivity index (χ0n) is 9.03. The molecule has 1 heterocycles. The van der Waals surface area contributed by atoms with Crippen LogP contribution in [0.5, 0.6) is 0 Å². The SMILES string of the molecule is CCCCN1CC(/C=C/Cl)CC1C(=O)O. The second-order valence-electron chi connectivity index (χ2n) is 4.02. The van der Waals surface area contributed by atoms with Gasteiger partial charge in [0.15, 0.2) is 0 Å². The number of halogens is 1. The lowest BCUT2D eigenvalue weighted by atomic mass is 10.1. The third-order valence-corrected chi connectivity index (χ3v) is 3.01. The summed E-state index contributed by atoms with van der Waals surface area (Å²) >= 11 is 5.51. The maximum Gasteiger partial charge on any atom is 0.320 e. The van der Waals surface area contributed by atoms with Crippen molar-refractivity contribution in [3.63, 3.8) is 0 Å². The first-order valence-electron chi connectivity index (χ1n) is 5.42. The molecular formula is C11H18ClNO2. The highest BCUT2D eigenvalue weighted by molar-refractivity contribution is 6.25. The summed E-state index contributed by atoms with van der Waals surface area (Å²) in [5.41, 5.74) is 1.49. The largest absolute Gasteiger partial charge is 0.480 e. The van der Waals surface area contributed by atoms with Crippen LogP contribution < -0.4 is 0 Å². The van der Waals surface area contributed by atoms with Crippen LogP contribution in [0.15, 0.2) is 11.6 Å². The van der Waals surface area contributed by atoms with Gasteiger partial charge in [0.1, 0.15) is 6.04 Å². The molecule has 2 atom stereocenters. The van der Waals surface area contributed by atoms with E-state index >= 15 is 0 Å². The van der Waals surface area contributed by atoms with Gasteiger partial charge in [0, 0.05) is 12.1 Å². The number of hydrogen-bond acceptors (Lipinski definition) is 2. The predicted octanol–water partition coefficient (Wildman–Crippen LogP) is 2.31. The van der Waals surface area contributed by atoms with Crippen molar-refractivity contribution in [2.75, 3.05) is 13.1 Å². The highest BCUT2D eigenvalue weighted by Gasteiger charge is 2.34. The Labute approximate surface area is 95.7 Å². The van der Waals surface area contributed by atoms with Gasteiger partial charge in [-0.25, -0.2) is 0 Å². The van der Waals surface area contributed by atoms with Crippen LogP contribution in [-0.4, -0.2) is 35.1 Å². The molecule has 0 aromatic rings. The van der Waals surface area contributed by atoms with E-state index in [-0.39, 0.29) is 6.04 Å². The number of carboxylic acid groups (broad SMARTS) is 1. The number of carboxylic acids is 1. The Morgan fingerprint density at radius 1 is 1.67 bits per heavy atom. The van der Waals surface area contributed by atoms with Crippen molar-refractivity contribution >= 4 is 17.6 Å². The fraction of sp³-hybridized carbons (Fsp3) is 0.727. The minimum absolute atomic E-state index is 0.292. The average Bonchev–Trinajstić information content (AvgIpc) is 2.59. The molecule has 1 rings (SSSR count). The summed E-state index contributed by atoms with van der Waals surface area (Å²) in [5, 5.41) is 9.07. The van der Waals surface area contributed by atoms with E-state index in [2.05, 4.69) is 6.92 Å². The molecule has 1 fully saturated rings. The van der Waals surface area contributed by atoms with Gasteiger partial charge in [0.05, 0.1) is 0 Å². The van der Waals surface area contributed by atoms with Gasteiger partial charge in [-0.2, -0.15) is 0 Å². The second kappa shape index (κ2) is 6.13. The Hall–Kier alpha value is -0.540. The average molecular weight is 232 g/mol. The molecule has 0 amide bonds. The van der Waals surface area contributed by atoms with Gasteiger partial charge in [0.2, 0.25) is 0 Å². The molecule has 0 saturated carbocycles. The molecule has 1 aliphatic rings. The summed E-state index contributed by atoms with van der Waals surface area (Å²) in [7, 11) is 0. The molecule has 0 aliphatic carbocycles. The molecule has 1 aliphatic heterocycles. The molecule has 1 saturated heterocycles. The number of nitrogens with zero attached hydrogens (tertiary/aromatic N) is 1. The Bertz CT molecular complexity index is 243. The first-order chi connectivity index (χ1) is 7.19. The Morgan fingerprint density at radius 3 is 2.93 bits per heavy atom. The topological polar surface area (TPSA) is 40.5 Å². The van der Waals surface area contributed by atoms with E-state index in [0.29, 0.717) is 12.3 Å². The van der Waals surface area contributed by atoms with Gasteiger partial charge in [-0.15, -0.1) is 0 Å². The van der Waals surface area contributed by atoms with E-state index in [1.165, 1.54) is 5.54 Å². The lowest BCUT2D eigenvalue weighted by Gasteiger charge is -2.20. The zero-order chi connectivity index (χ0) is 11.3. The molecule has 0 bridgehead atoms. The second-order valence-corrected chi connectivity index (χ2v) is 4.27. The van der Waals surface area contributed by atoms with Crippen LogP contribution in [0.4, 0.5) is 0 Å². The fourth-order valence-corrected chi connectivity index (χ4v) is 2.25. The molecule has 1 N–H and O–H groups in total. The van der Waals surface area contributed by atoms with Crippen molar-refractivity contribution in [2.24, 2.45) is 5.92 Å². The van der Waals surface area contributed by atoms with Crippen LogP contribution in [0, 0.1) is 5.92 Å². The number of likely N-dealkylation sites (tertiary alicyclic amines) is 1. The highest BCUT2D eigenvalue weighted by Crippen LogP contribution is 2.25. The van der Waals surface area contributed by atoms with E-state index in [0.717, 1.165) is 25.9 Å². The van der Waals surface area contributed by atoms with E-state index in [9.17, 15) is 4.79 Å². The number of carbonyl (C=O) groups is 1. The van der Waals surface area contributed by atoms with Gasteiger partial charge in [-0.1, -0.05) is 31.0 Å². The highest BCUT2D eigenvalue weighted by atomic mass is 35.5. The van der Waals surface area contributed by atoms with Crippen LogP contribution in [0.1, 0.15) is 26.2 Å². The molecule has 15 heavy (non-hydrogen) atoms. The third-order valence-electron chi connectivity index (χ3n) is 2.86. The molecule has 0 spiro atoms. The Kier molecular flexibility index (Phi) is 5.12. The molecule has 2 unspecified atom stereocenters. The molecular weight excluding hydrogens is 214 g/mol. The van der Waals surface area contributed by atoms with Crippen molar-refractivity contribution in [1.29, 1.82) is 0 Å². The van der Waals surface area contributed by atoms with Crippen LogP contribution in [-0.2, 0) is 4.79 Å². The number of rotatable bonds is 5. The summed E-state index contributed by atoms with van der Waals surface area (Å²) in [6.07, 6.45) is 4.73. The standard InChI is InChI=1S/C11H18ClNO2/c1-2-3-6-13-8-9(4-5-12)7-10(13)11(14)15/h4-5,9-10H,2-3,6-8H2,1H3,(H,14,15)/b5-4+. The third kappa shape index (κ3) is 3.50. The summed E-state index contributed by atoms with van der Waals surface area (Å²) in [5.74, 6) is -0.419. The first kappa shape index (κ1) is 12.5. The van der Waals surface area contributed by atoms with Crippen LogP contribution in [0.2, 0.25) is 0 Å². The van der Waals surface area contributed by atoms with Gasteiger partial charge < -0.3 is 5.11 Å². The van der Waals surface area contributed by atoms with Crippen LogP contribution >= 0.6 is 11.6 Å². The Balaban J connectivity index is 2.55. The van der Waals surface area contributed by atoms with Gasteiger partial charge in [-0.3, -0.25) is 9.69 Å². The molecule has 3 nitrogen and oxygen atoms in total. The molecule has 86 valence electrons. The van der Waals surface area contributed by atoms with E-state index in [4.69, 9.17) is 16.7 Å². The zero-order valence-corrected chi connectivity index (χ0v) is 9.78. The Morgan fingerprint density at radius 2 is 2.40 bits per heavy atom. The van der Waals surface area contributed by atoms with Gasteiger partial charge >= 0.3 is 5.97 Å². The summed E-state index contributed by atoms with van der Waals surface area (Å²) in [4.78, 5) is 13.1. The lowest BCUT2D eigenvalue weighted by Crippen LogP contribution is -2.36. The minimum atomic E-state index is -0.712. The number of aliphatic carboxylic acids is 1. The predicted molar refractivity (Wildman–Crippen MR) is 61.0 cm³/mol. The number of hydrogen-bond donors (Lipinski definition) is 1. The lowest BCUT2D eigenvalue weighted by molar-refractivity contribution is -0.142. The van der Waals surface area contributed by atoms with Crippen LogP contribution in [0.3, 0.4) is 0 Å². The van der Waals surface area contributed by atoms with Crippen molar-refractivity contribution in [1.82, 2.24) is 4.90 Å². The van der Waals surface area contributed by atoms with Crippen LogP contribution in [0.25, 0.3) is 0 Å². The molecule has 0 radical (unpaired) electrons. The molecule has 0 aromatic heterocycles. The van der Waals surface area contributed by atoms with Crippen molar-refractivity contribution < 1.29 is 9.90 Å². The first-order valence-corrected chi connectivity index (χ1v) is 5.86. The maximum absolute atomic E-state index is 11.0. The van der Waals surface area contributed by atoms with E-state index < -0.39 is 5.97 Å². The summed E-state index contributed by atoms with van der Waals surface area (Å²) < 4.78 is 0. The van der Waals surface area contributed by atoms with Crippen molar-refractivity contribution in [2.45, 2.75) is 32.2 Å². The van der Waals surface area contributed by atoms with Gasteiger partial charge in [-0.05, 0) is 25.3 Å². The molecule has 0 aromatic carbocycles. The minimum Gasteiger partial charge on any atom is -0.480 e. The molecule has 4 heteroatoms. The maximum atomic E-state index is 11.0.